The molecule has 0 heterocycles. The molecule has 0 radical (unpaired) electrons. The summed E-state index contributed by atoms with van der Waals surface area (Å²) in [6.45, 7) is 1.90. The highest BCUT2D eigenvalue weighted by Gasteiger charge is 1.99. The third-order valence-electron chi connectivity index (χ3n) is 2.20. The number of Topliss-reactive ketones (excluding diaryl/α,β-unsaturated/α-hetero) is 1. The van der Waals surface area contributed by atoms with Crippen molar-refractivity contribution in [3.05, 3.63) is 34.9 Å². The standard InChI is InChI=1S/C12H15ClO/c1-2-12(14)8-4-6-10-5-3-7-11(13)9-10/h3,5,7,9H,2,4,6,8H2,1H3. The fourth-order valence-electron chi connectivity index (χ4n) is 1.36. The third-order valence-corrected chi connectivity index (χ3v) is 2.44. The predicted octanol–water partition coefficient (Wildman–Crippen LogP) is 3.64. The van der Waals surface area contributed by atoms with Crippen LogP contribution in [0.25, 0.3) is 0 Å². The summed E-state index contributed by atoms with van der Waals surface area (Å²) in [6, 6.07) is 7.81. The van der Waals surface area contributed by atoms with Crippen LogP contribution in [0.4, 0.5) is 0 Å². The largest absolute Gasteiger partial charge is 0.300 e. The monoisotopic (exact) mass is 210 g/mol. The zero-order valence-corrected chi connectivity index (χ0v) is 9.18. The van der Waals surface area contributed by atoms with Crippen molar-refractivity contribution < 1.29 is 4.79 Å². The Kier molecular flexibility index (Phi) is 4.68. The Morgan fingerprint density at radius 3 is 2.86 bits per heavy atom. The smallest absolute Gasteiger partial charge is 0.132 e. The molecule has 0 saturated heterocycles. The average molecular weight is 211 g/mol. The van der Waals surface area contributed by atoms with E-state index in [0.717, 1.165) is 17.9 Å². The number of hydrogen-bond donors (Lipinski definition) is 0. The van der Waals surface area contributed by atoms with Gasteiger partial charge in [0.25, 0.3) is 0 Å². The molecule has 0 saturated carbocycles. The first-order valence-corrected chi connectivity index (χ1v) is 5.36. The van der Waals surface area contributed by atoms with Crippen molar-refractivity contribution in [2.75, 3.05) is 0 Å². The van der Waals surface area contributed by atoms with Gasteiger partial charge in [-0.3, -0.25) is 4.79 Å². The highest BCUT2D eigenvalue weighted by atomic mass is 35.5. The van der Waals surface area contributed by atoms with E-state index in [2.05, 4.69) is 0 Å². The number of carbonyl (C=O) groups is 1. The molecule has 1 rings (SSSR count). The summed E-state index contributed by atoms with van der Waals surface area (Å²) < 4.78 is 0. The molecule has 0 bridgehead atoms. The van der Waals surface area contributed by atoms with E-state index in [9.17, 15) is 4.79 Å². The summed E-state index contributed by atoms with van der Waals surface area (Å²) in [5.74, 6) is 0.340. The lowest BCUT2D eigenvalue weighted by Gasteiger charge is -2.00. The van der Waals surface area contributed by atoms with Crippen LogP contribution in [0.3, 0.4) is 0 Å². The van der Waals surface area contributed by atoms with Crippen LogP contribution in [0.2, 0.25) is 5.02 Å². The van der Waals surface area contributed by atoms with Gasteiger partial charge in [0.15, 0.2) is 0 Å². The Hall–Kier alpha value is -0.820. The fraction of sp³-hybridized carbons (Fsp3) is 0.417. The molecule has 14 heavy (non-hydrogen) atoms. The zero-order valence-electron chi connectivity index (χ0n) is 8.42. The fourth-order valence-corrected chi connectivity index (χ4v) is 1.57. The summed E-state index contributed by atoms with van der Waals surface area (Å²) in [5.41, 5.74) is 1.21. The van der Waals surface area contributed by atoms with Gasteiger partial charge in [0, 0.05) is 17.9 Å². The first-order valence-electron chi connectivity index (χ1n) is 4.98. The van der Waals surface area contributed by atoms with Gasteiger partial charge in [-0.15, -0.1) is 0 Å². The van der Waals surface area contributed by atoms with Gasteiger partial charge in [0.05, 0.1) is 0 Å². The number of hydrogen-bond acceptors (Lipinski definition) is 1. The second kappa shape index (κ2) is 5.82. The molecule has 1 aromatic carbocycles. The summed E-state index contributed by atoms with van der Waals surface area (Å²) in [7, 11) is 0. The maximum atomic E-state index is 11.0. The lowest BCUT2D eigenvalue weighted by molar-refractivity contribution is -0.118. The highest BCUT2D eigenvalue weighted by Crippen LogP contribution is 2.13. The molecule has 0 aromatic heterocycles. The maximum Gasteiger partial charge on any atom is 0.132 e. The molecule has 0 atom stereocenters. The van der Waals surface area contributed by atoms with E-state index in [1.807, 2.05) is 31.2 Å². The van der Waals surface area contributed by atoms with Crippen molar-refractivity contribution >= 4 is 17.4 Å². The minimum Gasteiger partial charge on any atom is -0.300 e. The first-order chi connectivity index (χ1) is 6.72. The molecule has 1 nitrogen and oxygen atoms in total. The summed E-state index contributed by atoms with van der Waals surface area (Å²) >= 11 is 5.85. The van der Waals surface area contributed by atoms with Crippen molar-refractivity contribution in [1.29, 1.82) is 0 Å². The van der Waals surface area contributed by atoms with Crippen molar-refractivity contribution in [1.82, 2.24) is 0 Å². The van der Waals surface area contributed by atoms with E-state index in [0.29, 0.717) is 18.6 Å². The normalized spacial score (nSPS) is 10.1. The average Bonchev–Trinajstić information content (AvgIpc) is 2.17. The van der Waals surface area contributed by atoms with Gasteiger partial charge in [-0.1, -0.05) is 30.7 Å². The van der Waals surface area contributed by atoms with Crippen LogP contribution in [0.15, 0.2) is 24.3 Å². The van der Waals surface area contributed by atoms with Crippen LogP contribution < -0.4 is 0 Å². The summed E-state index contributed by atoms with van der Waals surface area (Å²) in [6.07, 6.45) is 3.19. The molecule has 0 aliphatic rings. The number of halogens is 1. The number of carbonyl (C=O) groups excluding carboxylic acids is 1. The van der Waals surface area contributed by atoms with Crippen molar-refractivity contribution in [2.24, 2.45) is 0 Å². The minimum absolute atomic E-state index is 0.340. The van der Waals surface area contributed by atoms with Gasteiger partial charge in [-0.25, -0.2) is 0 Å². The van der Waals surface area contributed by atoms with Crippen LogP contribution in [0.5, 0.6) is 0 Å². The van der Waals surface area contributed by atoms with Gasteiger partial charge in [0.1, 0.15) is 5.78 Å². The molecule has 0 amide bonds. The summed E-state index contributed by atoms with van der Waals surface area (Å²) in [5, 5.41) is 0.768. The van der Waals surface area contributed by atoms with Crippen molar-refractivity contribution in [3.63, 3.8) is 0 Å². The van der Waals surface area contributed by atoms with Crippen LogP contribution in [-0.2, 0) is 11.2 Å². The molecule has 1 aromatic rings. The Labute approximate surface area is 90.1 Å². The molecule has 0 N–H and O–H groups in total. The zero-order chi connectivity index (χ0) is 10.4. The van der Waals surface area contributed by atoms with Crippen molar-refractivity contribution in [2.45, 2.75) is 32.6 Å². The van der Waals surface area contributed by atoms with Gasteiger partial charge in [-0.2, -0.15) is 0 Å². The molecule has 0 fully saturated rings. The second-order valence-electron chi connectivity index (χ2n) is 3.38. The molecular formula is C12H15ClO. The summed E-state index contributed by atoms with van der Waals surface area (Å²) in [4.78, 5) is 11.0. The van der Waals surface area contributed by atoms with Crippen LogP contribution >= 0.6 is 11.6 Å². The predicted molar refractivity (Wildman–Crippen MR) is 59.7 cm³/mol. The highest BCUT2D eigenvalue weighted by molar-refractivity contribution is 6.30. The molecular weight excluding hydrogens is 196 g/mol. The Morgan fingerprint density at radius 1 is 1.43 bits per heavy atom. The van der Waals surface area contributed by atoms with E-state index in [-0.39, 0.29) is 0 Å². The molecule has 0 aliphatic heterocycles. The van der Waals surface area contributed by atoms with E-state index in [4.69, 9.17) is 11.6 Å². The molecule has 0 spiro atoms. The lowest BCUT2D eigenvalue weighted by atomic mass is 10.1. The topological polar surface area (TPSA) is 17.1 Å². The van der Waals surface area contributed by atoms with Gasteiger partial charge >= 0.3 is 0 Å². The lowest BCUT2D eigenvalue weighted by Crippen LogP contribution is -1.96. The van der Waals surface area contributed by atoms with E-state index >= 15 is 0 Å². The number of rotatable bonds is 5. The number of benzene rings is 1. The third kappa shape index (κ3) is 3.93. The van der Waals surface area contributed by atoms with Crippen LogP contribution in [0, 0.1) is 0 Å². The Bertz CT molecular complexity index is 307. The van der Waals surface area contributed by atoms with Gasteiger partial charge in [-0.05, 0) is 30.5 Å². The number of aryl methyl sites for hydroxylation is 1. The van der Waals surface area contributed by atoms with Gasteiger partial charge in [0.2, 0.25) is 0 Å². The number of ketones is 1. The van der Waals surface area contributed by atoms with Gasteiger partial charge < -0.3 is 0 Å². The van der Waals surface area contributed by atoms with E-state index < -0.39 is 0 Å². The Morgan fingerprint density at radius 2 is 2.21 bits per heavy atom. The van der Waals surface area contributed by atoms with Crippen molar-refractivity contribution in [3.8, 4) is 0 Å². The maximum absolute atomic E-state index is 11.0. The Balaban J connectivity index is 2.35. The minimum atomic E-state index is 0.340. The van der Waals surface area contributed by atoms with Crippen LogP contribution in [0.1, 0.15) is 31.7 Å². The SMILES string of the molecule is CCC(=O)CCCc1cccc(Cl)c1. The molecule has 2 heteroatoms. The first kappa shape index (κ1) is 11.3. The van der Waals surface area contributed by atoms with E-state index in [1.165, 1.54) is 5.56 Å². The quantitative estimate of drug-likeness (QED) is 0.725. The molecule has 76 valence electrons. The van der Waals surface area contributed by atoms with Crippen LogP contribution in [-0.4, -0.2) is 5.78 Å². The second-order valence-corrected chi connectivity index (χ2v) is 3.81. The molecule has 0 unspecified atom stereocenters. The molecule has 0 aliphatic carbocycles. The van der Waals surface area contributed by atoms with E-state index in [1.54, 1.807) is 0 Å².